The van der Waals surface area contributed by atoms with Gasteiger partial charge in [-0.25, -0.2) is 0 Å². The third-order valence-electron chi connectivity index (χ3n) is 3.22. The number of non-ortho nitro benzene ring substituents is 1. The highest BCUT2D eigenvalue weighted by atomic mass is 16.6. The van der Waals surface area contributed by atoms with Crippen molar-refractivity contribution in [3.05, 3.63) is 63.2 Å². The molecule has 0 spiro atoms. The third kappa shape index (κ3) is 3.58. The molecule has 0 atom stereocenters. The van der Waals surface area contributed by atoms with E-state index in [0.717, 1.165) is 23.2 Å². The summed E-state index contributed by atoms with van der Waals surface area (Å²) in [5.41, 5.74) is 3.05. The second-order valence-electron chi connectivity index (χ2n) is 4.94. The van der Waals surface area contributed by atoms with E-state index in [2.05, 4.69) is 5.32 Å². The van der Waals surface area contributed by atoms with Gasteiger partial charge < -0.3 is 10.1 Å². The summed E-state index contributed by atoms with van der Waals surface area (Å²) in [6, 6.07) is 10.5. The summed E-state index contributed by atoms with van der Waals surface area (Å²) in [6.45, 7) is 4.61. The molecule has 0 bridgehead atoms. The third-order valence-corrected chi connectivity index (χ3v) is 3.22. The van der Waals surface area contributed by atoms with E-state index in [-0.39, 0.29) is 5.69 Å². The van der Waals surface area contributed by atoms with Crippen LogP contribution < -0.4 is 10.1 Å². The summed E-state index contributed by atoms with van der Waals surface area (Å²) in [7, 11) is 1.90. The predicted molar refractivity (Wildman–Crippen MR) is 81.9 cm³/mol. The number of aryl methyl sites for hydroxylation is 2. The number of rotatable bonds is 5. The van der Waals surface area contributed by atoms with Gasteiger partial charge in [-0.1, -0.05) is 12.1 Å². The molecule has 0 aliphatic carbocycles. The molecular formula is C16H18N2O3. The molecule has 0 aromatic heterocycles. The van der Waals surface area contributed by atoms with Gasteiger partial charge in [0, 0.05) is 12.6 Å². The van der Waals surface area contributed by atoms with Crippen LogP contribution in [0.15, 0.2) is 36.4 Å². The van der Waals surface area contributed by atoms with Gasteiger partial charge in [0.2, 0.25) is 0 Å². The summed E-state index contributed by atoms with van der Waals surface area (Å²) in [6.07, 6.45) is 0. The monoisotopic (exact) mass is 286 g/mol. The molecule has 0 fully saturated rings. The van der Waals surface area contributed by atoms with Gasteiger partial charge in [-0.3, -0.25) is 10.1 Å². The molecule has 0 aliphatic heterocycles. The number of nitrogens with zero attached hydrogens (tertiary/aromatic N) is 1. The lowest BCUT2D eigenvalue weighted by molar-refractivity contribution is -0.384. The van der Waals surface area contributed by atoms with E-state index in [0.29, 0.717) is 11.5 Å². The van der Waals surface area contributed by atoms with Crippen molar-refractivity contribution in [2.45, 2.75) is 20.4 Å². The van der Waals surface area contributed by atoms with Crippen molar-refractivity contribution in [2.75, 3.05) is 7.05 Å². The highest BCUT2D eigenvalue weighted by molar-refractivity contribution is 5.47. The van der Waals surface area contributed by atoms with Gasteiger partial charge in [0.25, 0.3) is 5.69 Å². The van der Waals surface area contributed by atoms with E-state index in [4.69, 9.17) is 4.74 Å². The van der Waals surface area contributed by atoms with Crippen LogP contribution in [0.2, 0.25) is 0 Å². The van der Waals surface area contributed by atoms with Crippen molar-refractivity contribution in [1.29, 1.82) is 0 Å². The van der Waals surface area contributed by atoms with Gasteiger partial charge in [0.1, 0.15) is 11.5 Å². The van der Waals surface area contributed by atoms with E-state index in [1.54, 1.807) is 6.07 Å². The Morgan fingerprint density at radius 1 is 1.10 bits per heavy atom. The molecule has 5 heteroatoms. The summed E-state index contributed by atoms with van der Waals surface area (Å²) in [4.78, 5) is 10.4. The van der Waals surface area contributed by atoms with Gasteiger partial charge in [-0.2, -0.15) is 0 Å². The van der Waals surface area contributed by atoms with E-state index in [1.807, 2.05) is 39.1 Å². The van der Waals surface area contributed by atoms with Gasteiger partial charge in [0.05, 0.1) is 11.0 Å². The van der Waals surface area contributed by atoms with E-state index in [9.17, 15) is 10.1 Å². The number of benzene rings is 2. The molecule has 5 nitrogen and oxygen atoms in total. The Labute approximate surface area is 123 Å². The van der Waals surface area contributed by atoms with Crippen molar-refractivity contribution in [3.8, 4) is 11.5 Å². The second-order valence-corrected chi connectivity index (χ2v) is 4.94. The van der Waals surface area contributed by atoms with Gasteiger partial charge >= 0.3 is 0 Å². The van der Waals surface area contributed by atoms with Crippen LogP contribution in [0.3, 0.4) is 0 Å². The predicted octanol–water partition coefficient (Wildman–Crippen LogP) is 3.72. The number of nitro benzene ring substituents is 1. The van der Waals surface area contributed by atoms with Crippen molar-refractivity contribution in [3.63, 3.8) is 0 Å². The summed E-state index contributed by atoms with van der Waals surface area (Å²) in [5.74, 6) is 1.21. The largest absolute Gasteiger partial charge is 0.457 e. The zero-order chi connectivity index (χ0) is 15.4. The molecule has 0 saturated carbocycles. The molecule has 0 radical (unpaired) electrons. The molecule has 2 rings (SSSR count). The number of nitro groups is 1. The fourth-order valence-electron chi connectivity index (χ4n) is 2.07. The van der Waals surface area contributed by atoms with Crippen LogP contribution in [0.25, 0.3) is 0 Å². The molecule has 2 aromatic rings. The molecule has 0 aliphatic rings. The SMILES string of the molecule is CNCc1ccc(Oc2cc([N+](=O)[O-])ccc2C)c(C)c1. The van der Waals surface area contributed by atoms with Crippen LogP contribution in [0.1, 0.15) is 16.7 Å². The molecule has 1 N–H and O–H groups in total. The second kappa shape index (κ2) is 6.37. The number of hydrogen-bond donors (Lipinski definition) is 1. The van der Waals surface area contributed by atoms with Crippen LogP contribution in [0.4, 0.5) is 5.69 Å². The first-order valence-corrected chi connectivity index (χ1v) is 6.68. The average molecular weight is 286 g/mol. The topological polar surface area (TPSA) is 64.4 Å². The van der Waals surface area contributed by atoms with Crippen molar-refractivity contribution in [2.24, 2.45) is 0 Å². The van der Waals surface area contributed by atoms with Crippen LogP contribution in [0.5, 0.6) is 11.5 Å². The number of nitrogens with one attached hydrogen (secondary N) is 1. The van der Waals surface area contributed by atoms with Crippen LogP contribution >= 0.6 is 0 Å². The van der Waals surface area contributed by atoms with E-state index < -0.39 is 4.92 Å². The summed E-state index contributed by atoms with van der Waals surface area (Å²) >= 11 is 0. The van der Waals surface area contributed by atoms with Gasteiger partial charge in [-0.15, -0.1) is 0 Å². The highest BCUT2D eigenvalue weighted by Crippen LogP contribution is 2.31. The van der Waals surface area contributed by atoms with Crippen LogP contribution in [0, 0.1) is 24.0 Å². The Bertz CT molecular complexity index is 669. The number of ether oxygens (including phenoxy) is 1. The minimum Gasteiger partial charge on any atom is -0.457 e. The molecular weight excluding hydrogens is 268 g/mol. The normalized spacial score (nSPS) is 10.4. The lowest BCUT2D eigenvalue weighted by atomic mass is 10.1. The van der Waals surface area contributed by atoms with Crippen LogP contribution in [-0.2, 0) is 6.54 Å². The average Bonchev–Trinajstić information content (AvgIpc) is 2.44. The summed E-state index contributed by atoms with van der Waals surface area (Å²) in [5, 5.41) is 13.9. The Morgan fingerprint density at radius 2 is 1.86 bits per heavy atom. The molecule has 0 heterocycles. The lowest BCUT2D eigenvalue weighted by Crippen LogP contribution is -2.05. The molecule has 0 amide bonds. The summed E-state index contributed by atoms with van der Waals surface area (Å²) < 4.78 is 5.84. The zero-order valence-corrected chi connectivity index (χ0v) is 12.3. The highest BCUT2D eigenvalue weighted by Gasteiger charge is 2.11. The smallest absolute Gasteiger partial charge is 0.273 e. The molecule has 0 unspecified atom stereocenters. The Hall–Kier alpha value is -2.40. The molecule has 0 saturated heterocycles. The molecule has 110 valence electrons. The van der Waals surface area contributed by atoms with Crippen molar-refractivity contribution >= 4 is 5.69 Å². The maximum Gasteiger partial charge on any atom is 0.273 e. The van der Waals surface area contributed by atoms with Crippen molar-refractivity contribution in [1.82, 2.24) is 5.32 Å². The first-order chi connectivity index (χ1) is 10.0. The van der Waals surface area contributed by atoms with Gasteiger partial charge in [-0.05, 0) is 49.7 Å². The van der Waals surface area contributed by atoms with E-state index in [1.165, 1.54) is 12.1 Å². The quantitative estimate of drug-likeness (QED) is 0.672. The van der Waals surface area contributed by atoms with Crippen molar-refractivity contribution < 1.29 is 9.66 Å². The molecule has 2 aromatic carbocycles. The van der Waals surface area contributed by atoms with Gasteiger partial charge in [0.15, 0.2) is 0 Å². The maximum atomic E-state index is 10.8. The first-order valence-electron chi connectivity index (χ1n) is 6.68. The zero-order valence-electron chi connectivity index (χ0n) is 12.3. The van der Waals surface area contributed by atoms with E-state index >= 15 is 0 Å². The fraction of sp³-hybridized carbons (Fsp3) is 0.250. The maximum absolute atomic E-state index is 10.8. The standard InChI is InChI=1S/C16H18N2O3/c1-11-4-6-14(18(19)20)9-16(11)21-15-7-5-13(10-17-3)8-12(15)2/h4-9,17H,10H2,1-3H3. The first kappa shape index (κ1) is 15.0. The Morgan fingerprint density at radius 3 is 2.48 bits per heavy atom. The Balaban J connectivity index is 2.29. The lowest BCUT2D eigenvalue weighted by Gasteiger charge is -2.12. The number of hydrogen-bond acceptors (Lipinski definition) is 4. The molecule has 21 heavy (non-hydrogen) atoms. The minimum atomic E-state index is -0.421. The minimum absolute atomic E-state index is 0.0278. The Kier molecular flexibility index (Phi) is 4.55. The van der Waals surface area contributed by atoms with Crippen LogP contribution in [-0.4, -0.2) is 12.0 Å². The fourth-order valence-corrected chi connectivity index (χ4v) is 2.07.